The molecular formula is C23H14Cl2F3N3OS. The molecule has 4 nitrogen and oxygen atoms in total. The number of ketones is 1. The Balaban J connectivity index is 1.78. The van der Waals surface area contributed by atoms with Crippen molar-refractivity contribution in [1.29, 1.82) is 0 Å². The molecule has 0 aliphatic rings. The number of nitrogens with zero attached hydrogens (tertiary/aromatic N) is 3. The average molecular weight is 508 g/mol. The monoisotopic (exact) mass is 507 g/mol. The second-order valence-electron chi connectivity index (χ2n) is 6.89. The van der Waals surface area contributed by atoms with E-state index in [9.17, 15) is 18.0 Å². The Bertz CT molecular complexity index is 1310. The molecule has 0 bridgehead atoms. The van der Waals surface area contributed by atoms with Gasteiger partial charge in [0.1, 0.15) is 0 Å². The van der Waals surface area contributed by atoms with Gasteiger partial charge in [0.05, 0.1) is 22.0 Å². The van der Waals surface area contributed by atoms with E-state index in [1.165, 1.54) is 16.7 Å². The number of Topliss-reactive ketones (excluding diaryl/α,β-unsaturated/α-hetero) is 1. The fourth-order valence-corrected chi connectivity index (χ4v) is 4.38. The molecule has 0 fully saturated rings. The SMILES string of the molecule is O=C(CSc1nnc(-c2cccc(Cl)c2)n1-c1ccc(Cl)c(C(F)(F)F)c1)c1ccccc1. The van der Waals surface area contributed by atoms with Crippen molar-refractivity contribution < 1.29 is 18.0 Å². The van der Waals surface area contributed by atoms with Gasteiger partial charge in [0.2, 0.25) is 0 Å². The molecule has 4 rings (SSSR count). The lowest BCUT2D eigenvalue weighted by Gasteiger charge is -2.14. The van der Waals surface area contributed by atoms with Gasteiger partial charge >= 0.3 is 6.18 Å². The number of rotatable bonds is 6. The van der Waals surface area contributed by atoms with Crippen LogP contribution in [0, 0.1) is 0 Å². The summed E-state index contributed by atoms with van der Waals surface area (Å²) in [5, 5.41) is 8.59. The first-order valence-corrected chi connectivity index (χ1v) is 11.3. The first-order valence-electron chi connectivity index (χ1n) is 9.53. The van der Waals surface area contributed by atoms with Gasteiger partial charge in [-0.3, -0.25) is 9.36 Å². The molecule has 0 N–H and O–H groups in total. The van der Waals surface area contributed by atoms with Crippen molar-refractivity contribution in [3.8, 4) is 17.1 Å². The highest BCUT2D eigenvalue weighted by molar-refractivity contribution is 7.99. The largest absolute Gasteiger partial charge is 0.417 e. The van der Waals surface area contributed by atoms with Crippen molar-refractivity contribution in [1.82, 2.24) is 14.8 Å². The first kappa shape index (κ1) is 23.4. The van der Waals surface area contributed by atoms with Crippen molar-refractivity contribution in [2.45, 2.75) is 11.3 Å². The zero-order valence-electron chi connectivity index (χ0n) is 16.7. The maximum Gasteiger partial charge on any atom is 0.417 e. The van der Waals surface area contributed by atoms with E-state index in [2.05, 4.69) is 10.2 Å². The molecule has 0 aliphatic heterocycles. The third-order valence-corrected chi connectivity index (χ3v) is 6.15. The van der Waals surface area contributed by atoms with Crippen LogP contribution in [0.4, 0.5) is 13.2 Å². The Kier molecular flexibility index (Phi) is 6.78. The van der Waals surface area contributed by atoms with Gasteiger partial charge < -0.3 is 0 Å². The van der Waals surface area contributed by atoms with Gasteiger partial charge in [-0.2, -0.15) is 13.2 Å². The van der Waals surface area contributed by atoms with Crippen molar-refractivity contribution in [3.63, 3.8) is 0 Å². The first-order chi connectivity index (χ1) is 15.7. The molecule has 0 amide bonds. The van der Waals surface area contributed by atoms with E-state index in [4.69, 9.17) is 23.2 Å². The van der Waals surface area contributed by atoms with Crippen LogP contribution in [0.2, 0.25) is 10.0 Å². The van der Waals surface area contributed by atoms with E-state index in [0.29, 0.717) is 16.1 Å². The van der Waals surface area contributed by atoms with E-state index in [1.807, 2.05) is 0 Å². The third-order valence-electron chi connectivity index (χ3n) is 4.66. The minimum absolute atomic E-state index is 0.0252. The molecule has 168 valence electrons. The molecule has 1 aromatic heterocycles. The zero-order chi connectivity index (χ0) is 23.6. The molecule has 33 heavy (non-hydrogen) atoms. The molecule has 0 atom stereocenters. The predicted octanol–water partition coefficient (Wildman–Crippen LogP) is 7.23. The van der Waals surface area contributed by atoms with Crippen LogP contribution < -0.4 is 0 Å². The van der Waals surface area contributed by atoms with Crippen LogP contribution in [0.5, 0.6) is 0 Å². The summed E-state index contributed by atoms with van der Waals surface area (Å²) in [4.78, 5) is 12.6. The van der Waals surface area contributed by atoms with E-state index in [1.54, 1.807) is 54.6 Å². The van der Waals surface area contributed by atoms with Gasteiger partial charge in [-0.15, -0.1) is 10.2 Å². The maximum atomic E-state index is 13.5. The summed E-state index contributed by atoms with van der Waals surface area (Å²) >= 11 is 13.0. The summed E-state index contributed by atoms with van der Waals surface area (Å²) in [6.45, 7) is 0. The number of alkyl halides is 3. The van der Waals surface area contributed by atoms with E-state index < -0.39 is 16.8 Å². The number of thioether (sulfide) groups is 1. The number of carbonyl (C=O) groups is 1. The standard InChI is InChI=1S/C23H14Cl2F3N3OS/c24-16-8-4-7-15(11-16)21-29-30-22(33-13-20(32)14-5-2-1-3-6-14)31(21)17-9-10-19(25)18(12-17)23(26,27)28/h1-12H,13H2. The second kappa shape index (κ2) is 9.59. The summed E-state index contributed by atoms with van der Waals surface area (Å²) in [6, 6.07) is 19.0. The Morgan fingerprint density at radius 1 is 0.939 bits per heavy atom. The molecule has 0 saturated heterocycles. The molecule has 10 heteroatoms. The van der Waals surface area contributed by atoms with E-state index in [-0.39, 0.29) is 28.2 Å². The summed E-state index contributed by atoms with van der Waals surface area (Å²) < 4.78 is 41.9. The number of carbonyl (C=O) groups excluding carboxylic acids is 1. The van der Waals surface area contributed by atoms with Crippen LogP contribution >= 0.6 is 35.0 Å². The lowest BCUT2D eigenvalue weighted by molar-refractivity contribution is -0.137. The lowest BCUT2D eigenvalue weighted by Crippen LogP contribution is -2.09. The smallest absolute Gasteiger partial charge is 0.293 e. The number of hydrogen-bond acceptors (Lipinski definition) is 4. The Labute approximate surface area is 201 Å². The second-order valence-corrected chi connectivity index (χ2v) is 8.68. The van der Waals surface area contributed by atoms with Crippen LogP contribution in [0.25, 0.3) is 17.1 Å². The predicted molar refractivity (Wildman–Crippen MR) is 123 cm³/mol. The quantitative estimate of drug-likeness (QED) is 0.204. The summed E-state index contributed by atoms with van der Waals surface area (Å²) in [6.07, 6.45) is -4.64. The molecule has 1 heterocycles. The van der Waals surface area contributed by atoms with Crippen molar-refractivity contribution in [2.75, 3.05) is 5.75 Å². The Hall–Kier alpha value is -2.81. The number of benzene rings is 3. The molecule has 0 saturated carbocycles. The fraction of sp³-hybridized carbons (Fsp3) is 0.0870. The Morgan fingerprint density at radius 3 is 2.39 bits per heavy atom. The zero-order valence-corrected chi connectivity index (χ0v) is 19.0. The van der Waals surface area contributed by atoms with Crippen LogP contribution in [-0.4, -0.2) is 26.3 Å². The van der Waals surface area contributed by atoms with Gasteiger partial charge in [-0.05, 0) is 30.3 Å². The van der Waals surface area contributed by atoms with Crippen LogP contribution in [0.1, 0.15) is 15.9 Å². The van der Waals surface area contributed by atoms with Crippen LogP contribution in [-0.2, 0) is 6.18 Å². The molecule has 3 aromatic carbocycles. The summed E-state index contributed by atoms with van der Waals surface area (Å²) in [5.41, 5.74) is 0.252. The van der Waals surface area contributed by atoms with E-state index >= 15 is 0 Å². The number of halogens is 5. The highest BCUT2D eigenvalue weighted by Crippen LogP contribution is 2.37. The Morgan fingerprint density at radius 2 is 1.70 bits per heavy atom. The van der Waals surface area contributed by atoms with E-state index in [0.717, 1.165) is 17.8 Å². The molecular weight excluding hydrogens is 494 g/mol. The molecule has 0 aliphatic carbocycles. The van der Waals surface area contributed by atoms with Gasteiger partial charge in [0.15, 0.2) is 16.8 Å². The molecule has 0 unspecified atom stereocenters. The lowest BCUT2D eigenvalue weighted by atomic mass is 10.1. The third kappa shape index (κ3) is 5.24. The normalized spacial score (nSPS) is 11.5. The van der Waals surface area contributed by atoms with Gasteiger partial charge in [-0.1, -0.05) is 77.4 Å². The highest BCUT2D eigenvalue weighted by Gasteiger charge is 2.34. The molecule has 0 spiro atoms. The van der Waals surface area contributed by atoms with Crippen LogP contribution in [0.3, 0.4) is 0 Å². The van der Waals surface area contributed by atoms with Gasteiger partial charge in [0.25, 0.3) is 0 Å². The number of aromatic nitrogens is 3. The van der Waals surface area contributed by atoms with Crippen molar-refractivity contribution in [3.05, 3.63) is 94.0 Å². The summed E-state index contributed by atoms with van der Waals surface area (Å²) in [7, 11) is 0. The fourth-order valence-electron chi connectivity index (χ4n) is 3.12. The summed E-state index contributed by atoms with van der Waals surface area (Å²) in [5.74, 6) is 0.159. The maximum absolute atomic E-state index is 13.5. The van der Waals surface area contributed by atoms with Crippen LogP contribution in [0.15, 0.2) is 78.0 Å². The number of hydrogen-bond donors (Lipinski definition) is 0. The van der Waals surface area contributed by atoms with Gasteiger partial charge in [0, 0.05) is 16.1 Å². The van der Waals surface area contributed by atoms with Gasteiger partial charge in [-0.25, -0.2) is 0 Å². The topological polar surface area (TPSA) is 47.8 Å². The minimum atomic E-state index is -4.64. The van der Waals surface area contributed by atoms with Crippen molar-refractivity contribution >= 4 is 40.7 Å². The average Bonchev–Trinajstić information content (AvgIpc) is 3.21. The highest BCUT2D eigenvalue weighted by atomic mass is 35.5. The minimum Gasteiger partial charge on any atom is -0.293 e. The molecule has 0 radical (unpaired) electrons. The van der Waals surface area contributed by atoms with Crippen molar-refractivity contribution in [2.24, 2.45) is 0 Å². The molecule has 4 aromatic rings.